The molecule has 1 atom stereocenters. The quantitative estimate of drug-likeness (QED) is 0.432. The first-order chi connectivity index (χ1) is 11.5. The summed E-state index contributed by atoms with van der Waals surface area (Å²) in [6.45, 7) is 9.59. The van der Waals surface area contributed by atoms with E-state index in [2.05, 4.69) is 28.2 Å². The molecule has 128 valence electrons. The molecule has 2 rings (SSSR count). The van der Waals surface area contributed by atoms with Gasteiger partial charge in [0.15, 0.2) is 10.4 Å². The van der Waals surface area contributed by atoms with Gasteiger partial charge in [-0.3, -0.25) is 10.1 Å². The van der Waals surface area contributed by atoms with E-state index in [0.29, 0.717) is 17.3 Å². The molecule has 1 aromatic heterocycles. The molecule has 1 N–H and O–H groups in total. The Hall–Kier alpha value is -1.86. The first kappa shape index (κ1) is 18.5. The average molecular weight is 364 g/mol. The van der Waals surface area contributed by atoms with Gasteiger partial charge in [-0.15, -0.1) is 16.8 Å². The molecule has 0 aliphatic heterocycles. The Balaban J connectivity index is 2.00. The van der Waals surface area contributed by atoms with Crippen molar-refractivity contribution in [2.24, 2.45) is 0 Å². The molecule has 0 aliphatic rings. The standard InChI is InChI=1S/C17H21N3O2S2/c1-5-7-23-17-20-19-16(24-17)18-15(21)14(6-2)22-13-9-11(3)8-12(4)10-13/h5,8-10,14H,1,6-7H2,2-4H3,(H,18,19,21)/t14-/m1/s1. The van der Waals surface area contributed by atoms with Crippen molar-refractivity contribution in [1.82, 2.24) is 10.2 Å². The molecular formula is C17H21N3O2S2. The second-order valence-corrected chi connectivity index (χ2v) is 7.54. The van der Waals surface area contributed by atoms with Crippen LogP contribution in [0.15, 0.2) is 35.2 Å². The summed E-state index contributed by atoms with van der Waals surface area (Å²) >= 11 is 2.88. The SMILES string of the molecule is C=CCSc1nnc(NC(=O)[C@@H](CC)Oc2cc(C)cc(C)c2)s1. The van der Waals surface area contributed by atoms with Crippen molar-refractivity contribution < 1.29 is 9.53 Å². The molecule has 24 heavy (non-hydrogen) atoms. The van der Waals surface area contributed by atoms with Crippen molar-refractivity contribution in [3.05, 3.63) is 42.0 Å². The molecule has 0 unspecified atom stereocenters. The molecule has 0 fully saturated rings. The highest BCUT2D eigenvalue weighted by Crippen LogP contribution is 2.26. The van der Waals surface area contributed by atoms with Gasteiger partial charge in [-0.25, -0.2) is 0 Å². The highest BCUT2D eigenvalue weighted by Gasteiger charge is 2.20. The summed E-state index contributed by atoms with van der Waals surface area (Å²) < 4.78 is 6.66. The summed E-state index contributed by atoms with van der Waals surface area (Å²) in [7, 11) is 0. The number of carbonyl (C=O) groups is 1. The van der Waals surface area contributed by atoms with Gasteiger partial charge in [-0.1, -0.05) is 42.2 Å². The molecule has 1 amide bonds. The molecule has 7 heteroatoms. The fraction of sp³-hybridized carbons (Fsp3) is 0.353. The Labute approximate surface area is 150 Å². The van der Waals surface area contributed by atoms with Crippen molar-refractivity contribution in [3.8, 4) is 5.75 Å². The number of thioether (sulfide) groups is 1. The van der Waals surface area contributed by atoms with Crippen LogP contribution in [-0.2, 0) is 4.79 Å². The maximum Gasteiger partial charge on any atom is 0.267 e. The van der Waals surface area contributed by atoms with Gasteiger partial charge < -0.3 is 4.74 Å². The van der Waals surface area contributed by atoms with Gasteiger partial charge in [0.1, 0.15) is 5.75 Å². The third-order valence-corrected chi connectivity index (χ3v) is 5.07. The van der Waals surface area contributed by atoms with E-state index in [4.69, 9.17) is 4.74 Å². The number of nitrogens with zero attached hydrogens (tertiary/aromatic N) is 2. The fourth-order valence-electron chi connectivity index (χ4n) is 2.12. The fourth-order valence-corrected chi connectivity index (χ4v) is 3.64. The Bertz CT molecular complexity index is 695. The van der Waals surface area contributed by atoms with Gasteiger partial charge in [0.05, 0.1) is 0 Å². The number of rotatable bonds is 8. The molecule has 0 spiro atoms. The topological polar surface area (TPSA) is 64.1 Å². The van der Waals surface area contributed by atoms with E-state index in [1.54, 1.807) is 6.08 Å². The van der Waals surface area contributed by atoms with E-state index >= 15 is 0 Å². The Morgan fingerprint density at radius 3 is 2.71 bits per heavy atom. The van der Waals surface area contributed by atoms with Crippen LogP contribution in [0.25, 0.3) is 0 Å². The molecule has 0 aliphatic carbocycles. The van der Waals surface area contributed by atoms with Crippen LogP contribution in [0.1, 0.15) is 24.5 Å². The number of aryl methyl sites for hydroxylation is 2. The van der Waals surface area contributed by atoms with Crippen LogP contribution in [0.2, 0.25) is 0 Å². The Morgan fingerprint density at radius 1 is 1.38 bits per heavy atom. The number of aromatic nitrogens is 2. The van der Waals surface area contributed by atoms with E-state index < -0.39 is 6.10 Å². The van der Waals surface area contributed by atoms with Crippen molar-refractivity contribution >= 4 is 34.1 Å². The predicted molar refractivity (Wildman–Crippen MR) is 100 cm³/mol. The molecule has 0 saturated heterocycles. The minimum absolute atomic E-state index is 0.215. The minimum Gasteiger partial charge on any atom is -0.481 e. The van der Waals surface area contributed by atoms with Crippen molar-refractivity contribution in [2.75, 3.05) is 11.1 Å². The zero-order valence-corrected chi connectivity index (χ0v) is 15.7. The molecular weight excluding hydrogens is 342 g/mol. The second-order valence-electron chi connectivity index (χ2n) is 5.30. The molecule has 0 radical (unpaired) electrons. The van der Waals surface area contributed by atoms with E-state index in [1.807, 2.05) is 32.9 Å². The number of amides is 1. The van der Waals surface area contributed by atoms with Crippen LogP contribution in [0, 0.1) is 13.8 Å². The molecule has 1 aromatic carbocycles. The molecule has 5 nitrogen and oxygen atoms in total. The highest BCUT2D eigenvalue weighted by atomic mass is 32.2. The summed E-state index contributed by atoms with van der Waals surface area (Å²) in [6, 6.07) is 5.92. The minimum atomic E-state index is -0.570. The lowest BCUT2D eigenvalue weighted by Gasteiger charge is -2.17. The van der Waals surface area contributed by atoms with Gasteiger partial charge >= 0.3 is 0 Å². The predicted octanol–water partition coefficient (Wildman–Crippen LogP) is 4.23. The molecule has 0 saturated carbocycles. The van der Waals surface area contributed by atoms with Gasteiger partial charge in [0.25, 0.3) is 5.91 Å². The van der Waals surface area contributed by atoms with Crippen molar-refractivity contribution in [1.29, 1.82) is 0 Å². The lowest BCUT2D eigenvalue weighted by molar-refractivity contribution is -0.122. The summed E-state index contributed by atoms with van der Waals surface area (Å²) in [6.07, 6.45) is 1.80. The number of carbonyl (C=O) groups excluding carboxylic acids is 1. The van der Waals surface area contributed by atoms with E-state index in [1.165, 1.54) is 23.1 Å². The lowest BCUT2D eigenvalue weighted by atomic mass is 10.1. The number of benzene rings is 1. The van der Waals surface area contributed by atoms with E-state index in [-0.39, 0.29) is 5.91 Å². The van der Waals surface area contributed by atoms with Crippen LogP contribution < -0.4 is 10.1 Å². The zero-order chi connectivity index (χ0) is 17.5. The smallest absolute Gasteiger partial charge is 0.267 e. The van der Waals surface area contributed by atoms with Crippen LogP contribution in [0.3, 0.4) is 0 Å². The Kier molecular flexibility index (Phi) is 6.81. The van der Waals surface area contributed by atoms with Gasteiger partial charge in [-0.2, -0.15) is 0 Å². The number of hydrogen-bond acceptors (Lipinski definition) is 6. The van der Waals surface area contributed by atoms with Crippen molar-refractivity contribution in [3.63, 3.8) is 0 Å². The first-order valence-corrected chi connectivity index (χ1v) is 9.45. The number of ether oxygens (including phenoxy) is 1. The third kappa shape index (κ3) is 5.35. The normalized spacial score (nSPS) is 11.8. The maximum absolute atomic E-state index is 12.4. The Morgan fingerprint density at radius 2 is 2.08 bits per heavy atom. The molecule has 2 aromatic rings. The van der Waals surface area contributed by atoms with Gasteiger partial charge in [-0.05, 0) is 43.5 Å². The van der Waals surface area contributed by atoms with Crippen LogP contribution in [0.4, 0.5) is 5.13 Å². The average Bonchev–Trinajstić information content (AvgIpc) is 2.97. The largest absolute Gasteiger partial charge is 0.481 e. The number of nitrogens with one attached hydrogen (secondary N) is 1. The number of anilines is 1. The van der Waals surface area contributed by atoms with Crippen LogP contribution >= 0.6 is 23.1 Å². The number of hydrogen-bond donors (Lipinski definition) is 1. The summed E-state index contributed by atoms with van der Waals surface area (Å²) in [5, 5.41) is 11.3. The highest BCUT2D eigenvalue weighted by molar-refractivity contribution is 8.01. The summed E-state index contributed by atoms with van der Waals surface area (Å²) in [5.41, 5.74) is 2.21. The van der Waals surface area contributed by atoms with E-state index in [9.17, 15) is 4.79 Å². The molecule has 0 bridgehead atoms. The van der Waals surface area contributed by atoms with Crippen LogP contribution in [-0.4, -0.2) is 28.0 Å². The summed E-state index contributed by atoms with van der Waals surface area (Å²) in [4.78, 5) is 12.4. The van der Waals surface area contributed by atoms with Gasteiger partial charge in [0.2, 0.25) is 5.13 Å². The third-order valence-electron chi connectivity index (χ3n) is 3.10. The lowest BCUT2D eigenvalue weighted by Crippen LogP contribution is -2.32. The first-order valence-electron chi connectivity index (χ1n) is 7.64. The summed E-state index contributed by atoms with van der Waals surface area (Å²) in [5.74, 6) is 1.25. The van der Waals surface area contributed by atoms with E-state index in [0.717, 1.165) is 21.2 Å². The maximum atomic E-state index is 12.4. The zero-order valence-electron chi connectivity index (χ0n) is 14.0. The second kappa shape index (κ2) is 8.84. The van der Waals surface area contributed by atoms with Crippen LogP contribution in [0.5, 0.6) is 5.75 Å². The van der Waals surface area contributed by atoms with Gasteiger partial charge in [0, 0.05) is 5.75 Å². The monoisotopic (exact) mass is 363 g/mol. The van der Waals surface area contributed by atoms with Crippen molar-refractivity contribution in [2.45, 2.75) is 37.6 Å². The molecule has 1 heterocycles.